The number of ether oxygens (including phenoxy) is 4. The average molecular weight is 234 g/mol. The predicted octanol–water partition coefficient (Wildman–Crippen LogP) is 1.99. The first-order chi connectivity index (χ1) is 7.22. The second-order valence-electron chi connectivity index (χ2n) is 4.75. The van der Waals surface area contributed by atoms with Crippen LogP contribution >= 0.6 is 0 Å². The molecule has 0 aliphatic rings. The molecule has 5 heteroatoms. The molecular formula is C11H22O5. The van der Waals surface area contributed by atoms with Gasteiger partial charge in [0.2, 0.25) is 0 Å². The fourth-order valence-electron chi connectivity index (χ4n) is 0.625. The van der Waals surface area contributed by atoms with Crippen LogP contribution in [0, 0.1) is 0 Å². The molecule has 0 atom stereocenters. The maximum atomic E-state index is 11.2. The number of hydrogen-bond donors (Lipinski definition) is 0. The Morgan fingerprint density at radius 2 is 1.19 bits per heavy atom. The second-order valence-corrected chi connectivity index (χ2v) is 4.75. The molecule has 0 fully saturated rings. The van der Waals surface area contributed by atoms with Crippen molar-refractivity contribution in [3.8, 4) is 0 Å². The van der Waals surface area contributed by atoms with E-state index in [1.54, 1.807) is 14.2 Å². The van der Waals surface area contributed by atoms with Crippen molar-refractivity contribution in [3.63, 3.8) is 0 Å². The molecule has 0 rings (SSSR count). The van der Waals surface area contributed by atoms with Gasteiger partial charge in [0.25, 0.3) is 0 Å². The molecule has 96 valence electrons. The molecule has 0 aromatic carbocycles. The first-order valence-electron chi connectivity index (χ1n) is 5.12. The fourth-order valence-corrected chi connectivity index (χ4v) is 0.625. The minimum Gasteiger partial charge on any atom is -0.431 e. The summed E-state index contributed by atoms with van der Waals surface area (Å²) in [4.78, 5) is 11.2. The Kier molecular flexibility index (Phi) is 5.75. The quantitative estimate of drug-likeness (QED) is 0.658. The molecule has 16 heavy (non-hydrogen) atoms. The predicted molar refractivity (Wildman–Crippen MR) is 59.5 cm³/mol. The van der Waals surface area contributed by atoms with Gasteiger partial charge in [-0.3, -0.25) is 0 Å². The molecular weight excluding hydrogens is 212 g/mol. The van der Waals surface area contributed by atoms with Crippen LogP contribution in [-0.2, 0) is 18.9 Å². The highest BCUT2D eigenvalue weighted by molar-refractivity contribution is 5.59. The third-order valence-corrected chi connectivity index (χ3v) is 2.18. The molecule has 0 aromatic heterocycles. The molecule has 0 unspecified atom stereocenters. The Labute approximate surface area is 97.0 Å². The summed E-state index contributed by atoms with van der Waals surface area (Å²) in [6, 6.07) is 0. The lowest BCUT2D eigenvalue weighted by Gasteiger charge is -2.24. The molecule has 0 saturated heterocycles. The lowest BCUT2D eigenvalue weighted by Crippen LogP contribution is -2.33. The SMILES string of the molecule is COC(C)(C)COC(=O)OCC(C)(C)OC. The van der Waals surface area contributed by atoms with Crippen molar-refractivity contribution < 1.29 is 23.7 Å². The van der Waals surface area contributed by atoms with E-state index in [0.717, 1.165) is 0 Å². The standard InChI is InChI=1S/C11H22O5/c1-10(2,13-5)7-15-9(12)16-8-11(3,4)14-6/h7-8H2,1-6H3. The summed E-state index contributed by atoms with van der Waals surface area (Å²) < 4.78 is 20.0. The molecule has 0 aliphatic heterocycles. The van der Waals surface area contributed by atoms with Gasteiger partial charge in [-0.2, -0.15) is 0 Å². The van der Waals surface area contributed by atoms with E-state index in [2.05, 4.69) is 0 Å². The van der Waals surface area contributed by atoms with Gasteiger partial charge in [-0.15, -0.1) is 0 Å². The van der Waals surface area contributed by atoms with Gasteiger partial charge < -0.3 is 18.9 Å². The number of carbonyl (C=O) groups excluding carboxylic acids is 1. The first kappa shape index (κ1) is 15.2. The summed E-state index contributed by atoms with van der Waals surface area (Å²) in [6.07, 6.45) is -0.713. The van der Waals surface area contributed by atoms with Crippen molar-refractivity contribution in [1.82, 2.24) is 0 Å². The highest BCUT2D eigenvalue weighted by atomic mass is 16.7. The molecule has 0 bridgehead atoms. The van der Waals surface area contributed by atoms with E-state index in [9.17, 15) is 4.79 Å². The third kappa shape index (κ3) is 6.63. The van der Waals surface area contributed by atoms with Crippen LogP contribution in [0.4, 0.5) is 4.79 Å². The van der Waals surface area contributed by atoms with Crippen LogP contribution < -0.4 is 0 Å². The molecule has 0 aromatic rings. The molecule has 0 saturated carbocycles. The summed E-state index contributed by atoms with van der Waals surface area (Å²) in [5, 5.41) is 0. The highest BCUT2D eigenvalue weighted by Gasteiger charge is 2.22. The normalized spacial score (nSPS) is 12.4. The highest BCUT2D eigenvalue weighted by Crippen LogP contribution is 2.10. The van der Waals surface area contributed by atoms with E-state index in [1.165, 1.54) is 0 Å². The van der Waals surface area contributed by atoms with Crippen LogP contribution in [0.3, 0.4) is 0 Å². The van der Waals surface area contributed by atoms with Crippen LogP contribution in [0.25, 0.3) is 0 Å². The van der Waals surface area contributed by atoms with Gasteiger partial charge in [-0.05, 0) is 27.7 Å². The van der Waals surface area contributed by atoms with Crippen molar-refractivity contribution in [2.45, 2.75) is 38.9 Å². The van der Waals surface area contributed by atoms with E-state index in [0.29, 0.717) is 0 Å². The maximum Gasteiger partial charge on any atom is 0.508 e. The molecule has 0 radical (unpaired) electrons. The number of rotatable bonds is 6. The molecule has 5 nitrogen and oxygen atoms in total. The smallest absolute Gasteiger partial charge is 0.431 e. The monoisotopic (exact) mass is 234 g/mol. The van der Waals surface area contributed by atoms with Crippen molar-refractivity contribution in [1.29, 1.82) is 0 Å². The van der Waals surface area contributed by atoms with Crippen LogP contribution in [0.2, 0.25) is 0 Å². The van der Waals surface area contributed by atoms with E-state index in [1.807, 2.05) is 27.7 Å². The van der Waals surface area contributed by atoms with E-state index in [-0.39, 0.29) is 13.2 Å². The number of methoxy groups -OCH3 is 2. The lowest BCUT2D eigenvalue weighted by molar-refractivity contribution is -0.0689. The summed E-state index contributed by atoms with van der Waals surface area (Å²) in [7, 11) is 3.12. The molecule has 0 amide bonds. The largest absolute Gasteiger partial charge is 0.508 e. The van der Waals surface area contributed by atoms with Gasteiger partial charge in [-0.1, -0.05) is 0 Å². The van der Waals surface area contributed by atoms with Gasteiger partial charge in [-0.25, -0.2) is 4.79 Å². The molecule has 0 aliphatic carbocycles. The topological polar surface area (TPSA) is 54.0 Å². The zero-order chi connectivity index (χ0) is 12.8. The average Bonchev–Trinajstić information content (AvgIpc) is 2.24. The summed E-state index contributed by atoms with van der Waals surface area (Å²) in [5.41, 5.74) is -1.01. The zero-order valence-electron chi connectivity index (χ0n) is 11.0. The molecule has 0 heterocycles. The van der Waals surface area contributed by atoms with Gasteiger partial charge in [0.15, 0.2) is 0 Å². The van der Waals surface area contributed by atoms with Crippen LogP contribution in [-0.4, -0.2) is 44.8 Å². The van der Waals surface area contributed by atoms with Crippen molar-refractivity contribution in [2.75, 3.05) is 27.4 Å². The molecule has 0 N–H and O–H groups in total. The Balaban J connectivity index is 3.85. The molecule has 0 spiro atoms. The summed E-state index contributed by atoms with van der Waals surface area (Å²) in [6.45, 7) is 7.57. The fraction of sp³-hybridized carbons (Fsp3) is 0.909. The maximum absolute atomic E-state index is 11.2. The van der Waals surface area contributed by atoms with E-state index < -0.39 is 17.4 Å². The first-order valence-corrected chi connectivity index (χ1v) is 5.12. The van der Waals surface area contributed by atoms with Crippen molar-refractivity contribution in [2.24, 2.45) is 0 Å². The Morgan fingerprint density at radius 3 is 1.44 bits per heavy atom. The zero-order valence-corrected chi connectivity index (χ0v) is 11.0. The van der Waals surface area contributed by atoms with Gasteiger partial charge in [0.05, 0.1) is 11.2 Å². The van der Waals surface area contributed by atoms with Crippen molar-refractivity contribution in [3.05, 3.63) is 0 Å². The van der Waals surface area contributed by atoms with E-state index >= 15 is 0 Å². The summed E-state index contributed by atoms with van der Waals surface area (Å²) in [5.74, 6) is 0. The van der Waals surface area contributed by atoms with Crippen LogP contribution in [0.5, 0.6) is 0 Å². The third-order valence-electron chi connectivity index (χ3n) is 2.18. The van der Waals surface area contributed by atoms with Gasteiger partial charge >= 0.3 is 6.16 Å². The van der Waals surface area contributed by atoms with Crippen molar-refractivity contribution >= 4 is 6.16 Å². The number of carbonyl (C=O) groups is 1. The number of hydrogen-bond acceptors (Lipinski definition) is 5. The minimum absolute atomic E-state index is 0.149. The van der Waals surface area contributed by atoms with Crippen LogP contribution in [0.15, 0.2) is 0 Å². The lowest BCUT2D eigenvalue weighted by atomic mass is 10.1. The van der Waals surface area contributed by atoms with E-state index in [4.69, 9.17) is 18.9 Å². The summed E-state index contributed by atoms with van der Waals surface area (Å²) >= 11 is 0. The van der Waals surface area contributed by atoms with Crippen LogP contribution in [0.1, 0.15) is 27.7 Å². The van der Waals surface area contributed by atoms with Gasteiger partial charge in [0.1, 0.15) is 13.2 Å². The minimum atomic E-state index is -0.713. The second kappa shape index (κ2) is 6.06. The Morgan fingerprint density at radius 1 is 0.875 bits per heavy atom. The Bertz CT molecular complexity index is 200. The van der Waals surface area contributed by atoms with Gasteiger partial charge in [0, 0.05) is 14.2 Å². The Hall–Kier alpha value is -0.810.